The van der Waals surface area contributed by atoms with Crippen LogP contribution in [-0.2, 0) is 0 Å². The van der Waals surface area contributed by atoms with Gasteiger partial charge in [0.05, 0.1) is 0 Å². The van der Waals surface area contributed by atoms with E-state index < -0.39 is 0 Å². The normalized spacial score (nSPS) is 10.9. The molecule has 0 aliphatic carbocycles. The summed E-state index contributed by atoms with van der Waals surface area (Å²) in [6, 6.07) is 9.78. The lowest BCUT2D eigenvalue weighted by Crippen LogP contribution is -1.92. The van der Waals surface area contributed by atoms with Gasteiger partial charge in [0.25, 0.3) is 0 Å². The van der Waals surface area contributed by atoms with Crippen LogP contribution in [0.5, 0.6) is 0 Å². The number of aromatic nitrogens is 2. The summed E-state index contributed by atoms with van der Waals surface area (Å²) in [6.07, 6.45) is 0.877. The van der Waals surface area contributed by atoms with Crippen molar-refractivity contribution in [2.45, 2.75) is 6.92 Å². The molecular weight excluding hydrogens is 232 g/mol. The molecule has 0 bridgehead atoms. The van der Waals surface area contributed by atoms with Crippen LogP contribution >= 0.6 is 11.3 Å². The Hall–Kier alpha value is -1.94. The summed E-state index contributed by atoms with van der Waals surface area (Å²) in [5.74, 6) is 0. The number of hydrogen-bond acceptors (Lipinski definition) is 3. The highest BCUT2D eigenvalue weighted by Crippen LogP contribution is 2.26. The molecule has 3 rings (SSSR count). The van der Waals surface area contributed by atoms with Crippen LogP contribution in [0, 0.1) is 6.92 Å². The fourth-order valence-electron chi connectivity index (χ4n) is 1.94. The van der Waals surface area contributed by atoms with E-state index >= 15 is 0 Å². The molecule has 0 spiro atoms. The number of thiazole rings is 1. The topological polar surface area (TPSA) is 34.4 Å². The molecule has 84 valence electrons. The molecule has 3 nitrogen and oxygen atoms in total. The summed E-state index contributed by atoms with van der Waals surface area (Å²) in [5, 5.41) is 2.00. The highest BCUT2D eigenvalue weighted by atomic mass is 32.1. The molecule has 0 fully saturated rings. The summed E-state index contributed by atoms with van der Waals surface area (Å²) in [5.41, 5.74) is 3.41. The molecule has 3 aromatic rings. The zero-order valence-corrected chi connectivity index (χ0v) is 10.1. The van der Waals surface area contributed by atoms with Gasteiger partial charge in [0.1, 0.15) is 11.4 Å². The van der Waals surface area contributed by atoms with Crippen molar-refractivity contribution < 1.29 is 4.79 Å². The maximum Gasteiger partial charge on any atom is 0.195 e. The molecule has 0 aliphatic heterocycles. The van der Waals surface area contributed by atoms with Gasteiger partial charge >= 0.3 is 0 Å². The predicted molar refractivity (Wildman–Crippen MR) is 68.6 cm³/mol. The molecule has 0 saturated carbocycles. The van der Waals surface area contributed by atoms with Crippen molar-refractivity contribution in [1.82, 2.24) is 9.38 Å². The van der Waals surface area contributed by atoms with E-state index in [1.807, 2.05) is 47.0 Å². The van der Waals surface area contributed by atoms with Gasteiger partial charge in [-0.15, -0.1) is 11.3 Å². The van der Waals surface area contributed by atoms with Crippen molar-refractivity contribution in [3.05, 3.63) is 47.1 Å². The lowest BCUT2D eigenvalue weighted by Gasteiger charge is -1.98. The Morgan fingerprint density at radius 1 is 1.29 bits per heavy atom. The maximum absolute atomic E-state index is 11.3. The lowest BCUT2D eigenvalue weighted by molar-refractivity contribution is 0.111. The molecule has 0 radical (unpaired) electrons. The minimum Gasteiger partial charge on any atom is -0.296 e. The second-order valence-electron chi connectivity index (χ2n) is 3.82. The van der Waals surface area contributed by atoms with Crippen molar-refractivity contribution in [3.8, 4) is 11.3 Å². The first-order valence-electron chi connectivity index (χ1n) is 5.28. The van der Waals surface area contributed by atoms with Gasteiger partial charge in [-0.1, -0.05) is 30.3 Å². The largest absolute Gasteiger partial charge is 0.296 e. The van der Waals surface area contributed by atoms with Crippen LogP contribution < -0.4 is 0 Å². The molecule has 0 N–H and O–H groups in total. The van der Waals surface area contributed by atoms with Crippen LogP contribution in [0.3, 0.4) is 0 Å². The highest BCUT2D eigenvalue weighted by molar-refractivity contribution is 7.15. The number of benzene rings is 1. The van der Waals surface area contributed by atoms with E-state index in [-0.39, 0.29) is 0 Å². The average molecular weight is 242 g/mol. The first-order valence-corrected chi connectivity index (χ1v) is 6.16. The molecular formula is C13H10N2OS. The lowest BCUT2D eigenvalue weighted by atomic mass is 10.1. The van der Waals surface area contributed by atoms with E-state index in [1.54, 1.807) is 11.3 Å². The minimum atomic E-state index is 0.630. The Balaban J connectivity index is 2.34. The van der Waals surface area contributed by atoms with Gasteiger partial charge in [-0.25, -0.2) is 4.98 Å². The molecule has 0 unspecified atom stereocenters. The minimum absolute atomic E-state index is 0.630. The number of imidazole rings is 1. The second kappa shape index (κ2) is 3.82. The van der Waals surface area contributed by atoms with Gasteiger partial charge in [-0.05, 0) is 6.92 Å². The first-order chi connectivity index (χ1) is 8.31. The van der Waals surface area contributed by atoms with Gasteiger partial charge in [0.15, 0.2) is 11.2 Å². The van der Waals surface area contributed by atoms with E-state index in [2.05, 4.69) is 4.98 Å². The molecule has 2 aromatic heterocycles. The smallest absolute Gasteiger partial charge is 0.195 e. The third kappa shape index (κ3) is 1.49. The SMILES string of the molecule is Cc1csc2nc(-c3ccccc3)c(C=O)n12. The Kier molecular flexibility index (Phi) is 2.30. The molecule has 0 amide bonds. The molecule has 0 aliphatic rings. The van der Waals surface area contributed by atoms with Gasteiger partial charge in [-0.3, -0.25) is 9.20 Å². The third-order valence-electron chi connectivity index (χ3n) is 2.73. The van der Waals surface area contributed by atoms with Crippen molar-refractivity contribution in [3.63, 3.8) is 0 Å². The number of rotatable bonds is 2. The summed E-state index contributed by atoms with van der Waals surface area (Å²) < 4.78 is 1.90. The highest BCUT2D eigenvalue weighted by Gasteiger charge is 2.15. The standard InChI is InChI=1S/C13H10N2OS/c1-9-8-17-13-14-12(11(7-16)15(9)13)10-5-3-2-4-6-10/h2-8H,1H3. The number of carbonyl (C=O) groups excluding carboxylic acids is 1. The Labute approximate surface area is 102 Å². The molecule has 17 heavy (non-hydrogen) atoms. The van der Waals surface area contributed by atoms with Crippen LogP contribution in [0.2, 0.25) is 0 Å². The van der Waals surface area contributed by atoms with Crippen molar-refractivity contribution in [1.29, 1.82) is 0 Å². The molecule has 1 aromatic carbocycles. The van der Waals surface area contributed by atoms with Gasteiger partial charge in [0, 0.05) is 16.6 Å². The Morgan fingerprint density at radius 3 is 2.76 bits per heavy atom. The van der Waals surface area contributed by atoms with Crippen LogP contribution in [0.25, 0.3) is 16.2 Å². The Morgan fingerprint density at radius 2 is 2.06 bits per heavy atom. The van der Waals surface area contributed by atoms with Crippen LogP contribution in [0.15, 0.2) is 35.7 Å². The molecule has 2 heterocycles. The average Bonchev–Trinajstić information content (AvgIpc) is 2.91. The van der Waals surface area contributed by atoms with Crippen molar-refractivity contribution in [2.24, 2.45) is 0 Å². The van der Waals surface area contributed by atoms with Crippen LogP contribution in [0.1, 0.15) is 16.2 Å². The van der Waals surface area contributed by atoms with Crippen LogP contribution in [0.4, 0.5) is 0 Å². The zero-order chi connectivity index (χ0) is 11.8. The quantitative estimate of drug-likeness (QED) is 0.647. The number of aryl methyl sites for hydroxylation is 1. The van der Waals surface area contributed by atoms with E-state index in [1.165, 1.54) is 0 Å². The predicted octanol–water partition coefficient (Wildman–Crippen LogP) is 3.18. The third-order valence-corrected chi connectivity index (χ3v) is 3.67. The van der Waals surface area contributed by atoms with E-state index in [4.69, 9.17) is 0 Å². The van der Waals surface area contributed by atoms with Gasteiger partial charge < -0.3 is 0 Å². The summed E-state index contributed by atoms with van der Waals surface area (Å²) in [7, 11) is 0. The fourth-order valence-corrected chi connectivity index (χ4v) is 2.81. The molecule has 0 atom stereocenters. The number of aldehydes is 1. The number of carbonyl (C=O) groups is 1. The first kappa shape index (κ1) is 10.2. The van der Waals surface area contributed by atoms with Gasteiger partial charge in [-0.2, -0.15) is 0 Å². The summed E-state index contributed by atoms with van der Waals surface area (Å²) >= 11 is 1.55. The van der Waals surface area contributed by atoms with E-state index in [0.717, 1.165) is 28.2 Å². The van der Waals surface area contributed by atoms with Crippen molar-refractivity contribution >= 4 is 22.6 Å². The zero-order valence-electron chi connectivity index (χ0n) is 9.25. The van der Waals surface area contributed by atoms with Gasteiger partial charge in [0.2, 0.25) is 0 Å². The van der Waals surface area contributed by atoms with Crippen LogP contribution in [-0.4, -0.2) is 15.7 Å². The summed E-state index contributed by atoms with van der Waals surface area (Å²) in [4.78, 5) is 16.7. The number of hydrogen-bond donors (Lipinski definition) is 0. The molecule has 0 saturated heterocycles. The number of nitrogens with zero attached hydrogens (tertiary/aromatic N) is 2. The maximum atomic E-state index is 11.3. The van der Waals surface area contributed by atoms with Crippen molar-refractivity contribution in [2.75, 3.05) is 0 Å². The van der Waals surface area contributed by atoms with E-state index in [9.17, 15) is 4.79 Å². The van der Waals surface area contributed by atoms with E-state index in [0.29, 0.717) is 5.69 Å². The number of fused-ring (bicyclic) bond motifs is 1. The fraction of sp³-hybridized carbons (Fsp3) is 0.0769. The monoisotopic (exact) mass is 242 g/mol. The Bertz CT molecular complexity index is 682. The summed E-state index contributed by atoms with van der Waals surface area (Å²) in [6.45, 7) is 1.98. The second-order valence-corrected chi connectivity index (χ2v) is 4.66. The molecule has 4 heteroatoms.